The number of hydrogen-bond acceptors (Lipinski definition) is 23. The Morgan fingerprint density at radius 3 is 1.17 bits per heavy atom. The van der Waals surface area contributed by atoms with Crippen molar-refractivity contribution in [1.29, 1.82) is 0 Å². The zero-order valence-electron chi connectivity index (χ0n) is 61.9. The van der Waals surface area contributed by atoms with E-state index in [2.05, 4.69) is 20.8 Å². The lowest BCUT2D eigenvalue weighted by atomic mass is 9.84. The third kappa shape index (κ3) is 40.3. The molecule has 1 aliphatic carbocycles. The summed E-state index contributed by atoms with van der Waals surface area (Å²) in [4.78, 5) is 50.9. The van der Waals surface area contributed by atoms with Crippen molar-refractivity contribution in [3.05, 3.63) is 24.3 Å². The Morgan fingerprint density at radius 2 is 0.762 bits per heavy atom. The minimum atomic E-state index is -5.72. The first-order chi connectivity index (χ1) is 48.8. The summed E-state index contributed by atoms with van der Waals surface area (Å²) in [6.07, 6.45) is 20.1. The van der Waals surface area contributed by atoms with E-state index in [1.165, 1.54) is 179 Å². The maximum Gasteiger partial charge on any atom is 0.472 e. The molecule has 0 aromatic rings. The first-order valence-electron chi connectivity index (χ1n) is 39.7. The van der Waals surface area contributed by atoms with Gasteiger partial charge in [0.25, 0.3) is 0 Å². The van der Waals surface area contributed by atoms with Crippen LogP contribution >= 0.6 is 7.82 Å². The molecular weight excluding hydrogens is 1330 g/mol. The minimum absolute atomic E-state index is 0.0295. The lowest BCUT2D eigenvalue weighted by Crippen LogP contribution is -2.69. The number of esters is 3. The Hall–Kier alpha value is -2.56. The highest BCUT2D eigenvalue weighted by molar-refractivity contribution is 7.47. The SMILES string of the molecule is CCCCCCCCCCCCC/C=C/C=C/C(=O)OCC(COP(=O)(O)OC1C(OC2OC(CO)C(O)C(O)C2O)C(O)C(O)C(O)C1OC1OC(COC(=O)CCCCCCCCCCCCCCCCCCC)C(O)C(O)C1O)OC(=O)CCCCCCCCCCCCCCCC. The van der Waals surface area contributed by atoms with Crippen LogP contribution in [0.2, 0.25) is 0 Å². The normalized spacial score (nSPS) is 27.3. The topological polar surface area (TPSA) is 374 Å². The zero-order valence-corrected chi connectivity index (χ0v) is 62.8. The molecule has 24 nitrogen and oxygen atoms in total. The Balaban J connectivity index is 1.72. The van der Waals surface area contributed by atoms with E-state index in [0.29, 0.717) is 12.8 Å². The lowest BCUT2D eigenvalue weighted by molar-refractivity contribution is -0.360. The lowest BCUT2D eigenvalue weighted by Gasteiger charge is -2.49. The molecule has 2 heterocycles. The molecule has 3 aliphatic rings. The fourth-order valence-electron chi connectivity index (χ4n) is 13.1. The van der Waals surface area contributed by atoms with E-state index in [1.807, 2.05) is 6.08 Å². The third-order valence-corrected chi connectivity index (χ3v) is 20.6. The Kier molecular flexibility index (Phi) is 52.8. The molecule has 1 saturated carbocycles. The van der Waals surface area contributed by atoms with Gasteiger partial charge in [-0.15, -0.1) is 0 Å². The molecule has 2 aliphatic heterocycles. The zero-order chi connectivity index (χ0) is 73.9. The van der Waals surface area contributed by atoms with Gasteiger partial charge in [-0.1, -0.05) is 289 Å². The molecule has 0 spiro atoms. The second-order valence-corrected chi connectivity index (χ2v) is 29.9. The van der Waals surface area contributed by atoms with Gasteiger partial charge in [-0.05, 0) is 25.7 Å². The maximum atomic E-state index is 14.3. The van der Waals surface area contributed by atoms with Crippen LogP contribution < -0.4 is 0 Å². The highest BCUT2D eigenvalue weighted by Gasteiger charge is 2.58. The van der Waals surface area contributed by atoms with Crippen molar-refractivity contribution in [2.45, 2.75) is 414 Å². The van der Waals surface area contributed by atoms with Gasteiger partial charge in [-0.2, -0.15) is 0 Å². The average Bonchev–Trinajstić information content (AvgIpc) is 0.765. The molecule has 0 bridgehead atoms. The summed E-state index contributed by atoms with van der Waals surface area (Å²) in [5.74, 6) is -2.23. The molecule has 18 atom stereocenters. The van der Waals surface area contributed by atoms with E-state index < -0.39 is 156 Å². The van der Waals surface area contributed by atoms with Crippen LogP contribution in [0, 0.1) is 0 Å². The van der Waals surface area contributed by atoms with E-state index >= 15 is 0 Å². The molecule has 0 aromatic carbocycles. The van der Waals surface area contributed by atoms with Gasteiger partial charge in [0.2, 0.25) is 0 Å². The van der Waals surface area contributed by atoms with Gasteiger partial charge >= 0.3 is 25.7 Å². The van der Waals surface area contributed by atoms with E-state index in [1.54, 1.807) is 6.08 Å². The highest BCUT2D eigenvalue weighted by Crippen LogP contribution is 2.49. The van der Waals surface area contributed by atoms with Gasteiger partial charge in [0.05, 0.1) is 13.2 Å². The van der Waals surface area contributed by atoms with Crippen molar-refractivity contribution in [3.63, 3.8) is 0 Å². The number of aliphatic hydroxyl groups excluding tert-OH is 10. The standard InChI is InChI=1S/C76H139O24P/c1-4-7-10-13-16-19-22-25-28-29-31-34-36-39-42-45-48-51-61(79)93-56-59-64(82)66(84)71(89)76(97-59)99-73-69(87)67(85)68(86)72(98-75-70(88)65(83)63(81)58(53-77)96-75)74(73)100-101(90,91)94-55-57(95-62(80)52-49-46-43-40-37-32-27-24-21-18-15-12-9-6-3)54-92-60(78)50-47-44-41-38-35-33-30-26-23-20-17-14-11-8-5-2/h41,44,47,50,57-59,63-77,81-89H,4-40,42-43,45-46,48-49,51-56H2,1-3H3,(H,90,91)/b44-41+,50-47+. The largest absolute Gasteiger partial charge is 0.472 e. The van der Waals surface area contributed by atoms with E-state index in [4.69, 9.17) is 42.2 Å². The predicted molar refractivity (Wildman–Crippen MR) is 384 cm³/mol. The van der Waals surface area contributed by atoms with Crippen LogP contribution in [-0.2, 0) is 61.2 Å². The number of carbonyl (C=O) groups excluding carboxylic acids is 3. The predicted octanol–water partition coefficient (Wildman–Crippen LogP) is 11.7. The van der Waals surface area contributed by atoms with Crippen molar-refractivity contribution in [2.75, 3.05) is 26.4 Å². The summed E-state index contributed by atoms with van der Waals surface area (Å²) in [6, 6.07) is 0. The van der Waals surface area contributed by atoms with Gasteiger partial charge in [0.15, 0.2) is 18.7 Å². The maximum absolute atomic E-state index is 14.3. The molecule has 25 heteroatoms. The molecule has 11 N–H and O–H groups in total. The Morgan fingerprint density at radius 1 is 0.406 bits per heavy atom. The van der Waals surface area contributed by atoms with Crippen LogP contribution in [0.1, 0.15) is 310 Å². The molecule has 2 saturated heterocycles. The van der Waals surface area contributed by atoms with Crippen molar-refractivity contribution >= 4 is 25.7 Å². The second-order valence-electron chi connectivity index (χ2n) is 28.5. The van der Waals surface area contributed by atoms with Crippen molar-refractivity contribution in [1.82, 2.24) is 0 Å². The van der Waals surface area contributed by atoms with E-state index in [0.717, 1.165) is 96.0 Å². The quantitative estimate of drug-likeness (QED) is 0.00673. The van der Waals surface area contributed by atoms with Crippen LogP contribution in [0.25, 0.3) is 0 Å². The van der Waals surface area contributed by atoms with Gasteiger partial charge in [-0.25, -0.2) is 9.36 Å². The first-order valence-corrected chi connectivity index (χ1v) is 41.2. The summed E-state index contributed by atoms with van der Waals surface area (Å²) in [5.41, 5.74) is 0. The number of allylic oxidation sites excluding steroid dienone is 3. The third-order valence-electron chi connectivity index (χ3n) is 19.6. The van der Waals surface area contributed by atoms with Gasteiger partial charge in [0, 0.05) is 18.9 Å². The molecule has 101 heavy (non-hydrogen) atoms. The fraction of sp³-hybridized carbons (Fsp3) is 0.908. The summed E-state index contributed by atoms with van der Waals surface area (Å²) in [5, 5.41) is 110. The molecule has 3 rings (SSSR count). The number of hydrogen-bond donors (Lipinski definition) is 11. The smallest absolute Gasteiger partial charge is 0.463 e. The van der Waals surface area contributed by atoms with E-state index in [-0.39, 0.29) is 12.8 Å². The number of carbonyl (C=O) groups is 3. The molecule has 0 aromatic heterocycles. The molecule has 0 radical (unpaired) electrons. The number of unbranched alkanes of at least 4 members (excludes halogenated alkanes) is 40. The van der Waals surface area contributed by atoms with Crippen molar-refractivity contribution in [2.24, 2.45) is 0 Å². The number of rotatable bonds is 62. The van der Waals surface area contributed by atoms with Crippen LogP contribution in [0.5, 0.6) is 0 Å². The van der Waals surface area contributed by atoms with Gasteiger partial charge in [0.1, 0.15) is 98.7 Å². The Labute approximate surface area is 605 Å². The Bertz CT molecular complexity index is 2180. The highest BCUT2D eigenvalue weighted by atomic mass is 31.2. The summed E-state index contributed by atoms with van der Waals surface area (Å²) >= 11 is 0. The van der Waals surface area contributed by atoms with Crippen molar-refractivity contribution in [3.8, 4) is 0 Å². The molecule has 3 fully saturated rings. The number of phosphoric acid groups is 1. The van der Waals surface area contributed by atoms with Crippen LogP contribution in [0.4, 0.5) is 0 Å². The molecular formula is C76H139O24P. The van der Waals surface area contributed by atoms with Crippen LogP contribution in [0.3, 0.4) is 0 Å². The fourth-order valence-corrected chi connectivity index (χ4v) is 14.1. The summed E-state index contributed by atoms with van der Waals surface area (Å²) in [6.45, 7) is 3.37. The molecule has 18 unspecified atom stereocenters. The van der Waals surface area contributed by atoms with Crippen molar-refractivity contribution < 1.29 is 117 Å². The minimum Gasteiger partial charge on any atom is -0.463 e. The average molecular weight is 1470 g/mol. The molecule has 592 valence electrons. The van der Waals surface area contributed by atoms with Gasteiger partial charge in [-0.3, -0.25) is 18.6 Å². The molecule has 0 amide bonds. The number of ether oxygens (including phenoxy) is 7. The van der Waals surface area contributed by atoms with Gasteiger partial charge < -0.3 is 89.1 Å². The number of phosphoric ester groups is 1. The monoisotopic (exact) mass is 1470 g/mol. The first kappa shape index (κ1) is 92.6. The number of aliphatic hydroxyl groups is 10. The van der Waals surface area contributed by atoms with E-state index in [9.17, 15) is 74.9 Å². The van der Waals surface area contributed by atoms with Crippen LogP contribution in [0.15, 0.2) is 24.3 Å². The summed E-state index contributed by atoms with van der Waals surface area (Å²) < 4.78 is 64.9. The second kappa shape index (κ2) is 57.6. The van der Waals surface area contributed by atoms with Crippen LogP contribution in [-0.4, -0.2) is 204 Å². The summed E-state index contributed by atoms with van der Waals surface area (Å²) in [7, 11) is -5.72.